The number of aliphatic hydroxyl groups is 1. The standard InChI is InChI=1S/C9H18Br2O/c1-7(3-5-10)9(12)8(2)4-6-11/h7-9,12H,3-6H2,1-2H3. The van der Waals surface area contributed by atoms with Gasteiger partial charge in [-0.2, -0.15) is 0 Å². The Hall–Kier alpha value is 0.920. The first-order valence-corrected chi connectivity index (χ1v) is 6.67. The lowest BCUT2D eigenvalue weighted by molar-refractivity contribution is 0.0628. The highest BCUT2D eigenvalue weighted by molar-refractivity contribution is 9.09. The molecule has 2 unspecified atom stereocenters. The average Bonchev–Trinajstić information content (AvgIpc) is 2.04. The van der Waals surface area contributed by atoms with Gasteiger partial charge in [0.25, 0.3) is 0 Å². The molecule has 0 aromatic rings. The van der Waals surface area contributed by atoms with E-state index in [1.807, 2.05) is 0 Å². The van der Waals surface area contributed by atoms with Crippen molar-refractivity contribution in [3.05, 3.63) is 0 Å². The molecule has 0 rings (SSSR count). The molecule has 0 saturated heterocycles. The lowest BCUT2D eigenvalue weighted by Crippen LogP contribution is -2.26. The highest BCUT2D eigenvalue weighted by Gasteiger charge is 2.19. The third-order valence-electron chi connectivity index (χ3n) is 2.29. The van der Waals surface area contributed by atoms with Gasteiger partial charge in [-0.3, -0.25) is 0 Å². The van der Waals surface area contributed by atoms with Gasteiger partial charge in [-0.15, -0.1) is 0 Å². The van der Waals surface area contributed by atoms with Gasteiger partial charge in [0.15, 0.2) is 0 Å². The van der Waals surface area contributed by atoms with Crippen LogP contribution in [0.15, 0.2) is 0 Å². The Bertz CT molecular complexity index is 96.7. The smallest absolute Gasteiger partial charge is 0.0591 e. The van der Waals surface area contributed by atoms with Crippen LogP contribution in [0.2, 0.25) is 0 Å². The van der Waals surface area contributed by atoms with Crippen LogP contribution in [0.1, 0.15) is 26.7 Å². The summed E-state index contributed by atoms with van der Waals surface area (Å²) in [4.78, 5) is 0. The summed E-state index contributed by atoms with van der Waals surface area (Å²) in [6.07, 6.45) is 1.95. The van der Waals surface area contributed by atoms with Gasteiger partial charge in [-0.05, 0) is 24.7 Å². The number of hydrogen-bond donors (Lipinski definition) is 1. The molecule has 0 bridgehead atoms. The molecule has 2 atom stereocenters. The monoisotopic (exact) mass is 300 g/mol. The molecule has 0 heterocycles. The Morgan fingerprint density at radius 2 is 1.33 bits per heavy atom. The van der Waals surface area contributed by atoms with Crippen molar-refractivity contribution in [1.29, 1.82) is 0 Å². The first kappa shape index (κ1) is 12.9. The minimum Gasteiger partial charge on any atom is -0.393 e. The molecule has 12 heavy (non-hydrogen) atoms. The van der Waals surface area contributed by atoms with E-state index in [1.54, 1.807) is 0 Å². The molecule has 0 aliphatic carbocycles. The van der Waals surface area contributed by atoms with Gasteiger partial charge >= 0.3 is 0 Å². The number of aliphatic hydroxyl groups excluding tert-OH is 1. The highest BCUT2D eigenvalue weighted by atomic mass is 79.9. The van der Waals surface area contributed by atoms with Crippen LogP contribution in [0.3, 0.4) is 0 Å². The summed E-state index contributed by atoms with van der Waals surface area (Å²) in [5, 5.41) is 11.8. The first-order valence-electron chi connectivity index (χ1n) is 4.43. The molecular formula is C9H18Br2O. The van der Waals surface area contributed by atoms with E-state index in [4.69, 9.17) is 0 Å². The van der Waals surface area contributed by atoms with Gasteiger partial charge in [0.1, 0.15) is 0 Å². The summed E-state index contributed by atoms with van der Waals surface area (Å²) in [5.41, 5.74) is 0. The van der Waals surface area contributed by atoms with Crippen LogP contribution >= 0.6 is 31.9 Å². The van der Waals surface area contributed by atoms with Crippen molar-refractivity contribution in [2.45, 2.75) is 32.8 Å². The molecule has 3 heteroatoms. The van der Waals surface area contributed by atoms with Gasteiger partial charge < -0.3 is 5.11 Å². The molecule has 0 spiro atoms. The van der Waals surface area contributed by atoms with Crippen molar-refractivity contribution in [2.24, 2.45) is 11.8 Å². The third kappa shape index (κ3) is 4.83. The van der Waals surface area contributed by atoms with Crippen LogP contribution in [0.4, 0.5) is 0 Å². The zero-order valence-corrected chi connectivity index (χ0v) is 10.9. The van der Waals surface area contributed by atoms with Gasteiger partial charge in [0.05, 0.1) is 6.10 Å². The van der Waals surface area contributed by atoms with E-state index < -0.39 is 0 Å². The average molecular weight is 302 g/mol. The molecule has 0 aromatic heterocycles. The fraction of sp³-hybridized carbons (Fsp3) is 1.00. The molecule has 0 saturated carbocycles. The minimum absolute atomic E-state index is 0.153. The van der Waals surface area contributed by atoms with Gasteiger partial charge in [-0.1, -0.05) is 45.7 Å². The Labute approximate surface area is 92.2 Å². The van der Waals surface area contributed by atoms with E-state index >= 15 is 0 Å². The van der Waals surface area contributed by atoms with E-state index in [0.29, 0.717) is 11.8 Å². The summed E-state index contributed by atoms with van der Waals surface area (Å²) >= 11 is 6.77. The summed E-state index contributed by atoms with van der Waals surface area (Å²) < 4.78 is 0. The Morgan fingerprint density at radius 1 is 1.00 bits per heavy atom. The maximum Gasteiger partial charge on any atom is 0.0591 e. The fourth-order valence-electron chi connectivity index (χ4n) is 1.25. The molecule has 0 aliphatic rings. The van der Waals surface area contributed by atoms with E-state index in [9.17, 15) is 5.11 Å². The highest BCUT2D eigenvalue weighted by Crippen LogP contribution is 2.20. The third-order valence-corrected chi connectivity index (χ3v) is 3.21. The van der Waals surface area contributed by atoms with Gasteiger partial charge in [0, 0.05) is 10.7 Å². The Kier molecular flexibility index (Phi) is 7.90. The van der Waals surface area contributed by atoms with Crippen molar-refractivity contribution < 1.29 is 5.11 Å². The van der Waals surface area contributed by atoms with Crippen molar-refractivity contribution >= 4 is 31.9 Å². The molecule has 0 fully saturated rings. The second-order valence-corrected chi connectivity index (χ2v) is 4.99. The zero-order chi connectivity index (χ0) is 9.56. The van der Waals surface area contributed by atoms with Crippen LogP contribution in [0.5, 0.6) is 0 Å². The lowest BCUT2D eigenvalue weighted by atomic mass is 9.90. The molecule has 74 valence electrons. The summed E-state index contributed by atoms with van der Waals surface area (Å²) in [6, 6.07) is 0. The van der Waals surface area contributed by atoms with Crippen LogP contribution in [-0.2, 0) is 0 Å². The van der Waals surface area contributed by atoms with Crippen molar-refractivity contribution in [3.63, 3.8) is 0 Å². The predicted octanol–water partition coefficient (Wildman–Crippen LogP) is 3.19. The van der Waals surface area contributed by atoms with Gasteiger partial charge in [0.2, 0.25) is 0 Å². The van der Waals surface area contributed by atoms with E-state index in [1.165, 1.54) is 0 Å². The predicted molar refractivity (Wildman–Crippen MR) is 61.2 cm³/mol. The Morgan fingerprint density at radius 3 is 1.58 bits per heavy atom. The largest absolute Gasteiger partial charge is 0.393 e. The molecule has 0 radical (unpaired) electrons. The first-order chi connectivity index (χ1) is 5.63. The molecule has 0 aromatic carbocycles. The second-order valence-electron chi connectivity index (χ2n) is 3.40. The number of halogens is 2. The number of alkyl halides is 2. The molecular weight excluding hydrogens is 284 g/mol. The van der Waals surface area contributed by atoms with Crippen molar-refractivity contribution in [1.82, 2.24) is 0 Å². The van der Waals surface area contributed by atoms with Crippen LogP contribution in [0.25, 0.3) is 0 Å². The van der Waals surface area contributed by atoms with Crippen molar-refractivity contribution in [2.75, 3.05) is 10.7 Å². The number of rotatable bonds is 6. The molecule has 1 N–H and O–H groups in total. The van der Waals surface area contributed by atoms with E-state index in [0.717, 1.165) is 23.5 Å². The molecule has 0 aliphatic heterocycles. The fourth-order valence-corrected chi connectivity index (χ4v) is 2.69. The normalized spacial score (nSPS) is 18.8. The summed E-state index contributed by atoms with van der Waals surface area (Å²) in [6.45, 7) is 4.22. The number of hydrogen-bond acceptors (Lipinski definition) is 1. The topological polar surface area (TPSA) is 20.2 Å². The van der Waals surface area contributed by atoms with Crippen LogP contribution in [-0.4, -0.2) is 21.9 Å². The zero-order valence-electron chi connectivity index (χ0n) is 7.76. The molecule has 1 nitrogen and oxygen atoms in total. The SMILES string of the molecule is CC(CCBr)C(O)C(C)CCBr. The minimum atomic E-state index is -0.153. The van der Waals surface area contributed by atoms with E-state index in [2.05, 4.69) is 45.7 Å². The molecule has 0 amide bonds. The Balaban J connectivity index is 3.73. The summed E-state index contributed by atoms with van der Waals surface area (Å²) in [7, 11) is 0. The van der Waals surface area contributed by atoms with Crippen LogP contribution in [0, 0.1) is 11.8 Å². The van der Waals surface area contributed by atoms with E-state index in [-0.39, 0.29) is 6.10 Å². The maximum atomic E-state index is 9.81. The quantitative estimate of drug-likeness (QED) is 0.747. The summed E-state index contributed by atoms with van der Waals surface area (Å²) in [5.74, 6) is 0.803. The van der Waals surface area contributed by atoms with Crippen molar-refractivity contribution in [3.8, 4) is 0 Å². The van der Waals surface area contributed by atoms with Gasteiger partial charge in [-0.25, -0.2) is 0 Å². The lowest BCUT2D eigenvalue weighted by Gasteiger charge is -2.23. The second kappa shape index (κ2) is 7.34. The van der Waals surface area contributed by atoms with Crippen LogP contribution < -0.4 is 0 Å². The maximum absolute atomic E-state index is 9.81.